The standard InChI is InChI=1S/C14H17NO5/c1-19-8-9-5-10(14(17)18)7-11(6-9)15-13(16)12-3-2-4-20-12/h5-7,12H,2-4,8H2,1H3,(H,15,16)(H,17,18). The number of rotatable bonds is 5. The summed E-state index contributed by atoms with van der Waals surface area (Å²) in [6.07, 6.45) is 1.10. The fourth-order valence-corrected chi connectivity index (χ4v) is 2.14. The third kappa shape index (κ3) is 3.55. The molecule has 108 valence electrons. The van der Waals surface area contributed by atoms with Crippen LogP contribution in [-0.4, -0.2) is 36.8 Å². The van der Waals surface area contributed by atoms with E-state index in [4.69, 9.17) is 14.6 Å². The summed E-state index contributed by atoms with van der Waals surface area (Å²) in [4.78, 5) is 23.0. The number of carboxylic acid groups (broad SMARTS) is 1. The maximum atomic E-state index is 12.0. The first-order valence-electron chi connectivity index (χ1n) is 6.39. The fourth-order valence-electron chi connectivity index (χ4n) is 2.14. The van der Waals surface area contributed by atoms with E-state index in [-0.39, 0.29) is 18.1 Å². The average molecular weight is 279 g/mol. The summed E-state index contributed by atoms with van der Waals surface area (Å²) >= 11 is 0. The molecule has 1 aliphatic heterocycles. The molecule has 1 unspecified atom stereocenters. The number of carbonyl (C=O) groups excluding carboxylic acids is 1. The fraction of sp³-hybridized carbons (Fsp3) is 0.429. The Morgan fingerprint density at radius 2 is 2.25 bits per heavy atom. The first-order valence-corrected chi connectivity index (χ1v) is 6.39. The zero-order chi connectivity index (χ0) is 14.5. The van der Waals surface area contributed by atoms with Gasteiger partial charge in [-0.25, -0.2) is 4.79 Å². The zero-order valence-corrected chi connectivity index (χ0v) is 11.2. The molecule has 1 atom stereocenters. The van der Waals surface area contributed by atoms with Gasteiger partial charge in [-0.2, -0.15) is 0 Å². The Balaban J connectivity index is 2.16. The maximum Gasteiger partial charge on any atom is 0.335 e. The molecule has 1 heterocycles. The summed E-state index contributed by atoms with van der Waals surface area (Å²) in [5, 5.41) is 11.8. The molecule has 20 heavy (non-hydrogen) atoms. The van der Waals surface area contributed by atoms with Crippen molar-refractivity contribution in [2.75, 3.05) is 19.0 Å². The van der Waals surface area contributed by atoms with Gasteiger partial charge >= 0.3 is 5.97 Å². The normalized spacial score (nSPS) is 17.9. The molecule has 1 fully saturated rings. The van der Waals surface area contributed by atoms with Crippen molar-refractivity contribution in [2.45, 2.75) is 25.6 Å². The van der Waals surface area contributed by atoms with Crippen LogP contribution in [0.3, 0.4) is 0 Å². The smallest absolute Gasteiger partial charge is 0.335 e. The van der Waals surface area contributed by atoms with Gasteiger partial charge in [0.1, 0.15) is 6.10 Å². The summed E-state index contributed by atoms with van der Waals surface area (Å²) in [5.41, 5.74) is 1.25. The average Bonchev–Trinajstić information content (AvgIpc) is 2.92. The minimum Gasteiger partial charge on any atom is -0.478 e. The highest BCUT2D eigenvalue weighted by atomic mass is 16.5. The molecule has 0 aliphatic carbocycles. The van der Waals surface area contributed by atoms with Gasteiger partial charge in [0.25, 0.3) is 5.91 Å². The number of carbonyl (C=O) groups is 2. The first kappa shape index (κ1) is 14.5. The lowest BCUT2D eigenvalue weighted by Gasteiger charge is -2.12. The Bertz CT molecular complexity index is 508. The molecule has 2 N–H and O–H groups in total. The van der Waals surface area contributed by atoms with Crippen LogP contribution in [0, 0.1) is 0 Å². The van der Waals surface area contributed by atoms with Gasteiger partial charge in [-0.05, 0) is 36.6 Å². The van der Waals surface area contributed by atoms with Crippen molar-refractivity contribution in [3.63, 3.8) is 0 Å². The Labute approximate surface area is 116 Å². The topological polar surface area (TPSA) is 84.9 Å². The third-order valence-electron chi connectivity index (χ3n) is 3.04. The van der Waals surface area contributed by atoms with E-state index in [0.29, 0.717) is 24.3 Å². The van der Waals surface area contributed by atoms with Crippen molar-refractivity contribution in [3.8, 4) is 0 Å². The van der Waals surface area contributed by atoms with Gasteiger partial charge in [-0.3, -0.25) is 4.79 Å². The van der Waals surface area contributed by atoms with Gasteiger partial charge in [0, 0.05) is 19.4 Å². The zero-order valence-electron chi connectivity index (χ0n) is 11.2. The van der Waals surface area contributed by atoms with Crippen LogP contribution in [0.4, 0.5) is 5.69 Å². The molecule has 0 aromatic heterocycles. The number of hydrogen-bond acceptors (Lipinski definition) is 4. The van der Waals surface area contributed by atoms with Crippen molar-refractivity contribution in [1.82, 2.24) is 0 Å². The lowest BCUT2D eigenvalue weighted by molar-refractivity contribution is -0.124. The molecule has 1 aromatic rings. The van der Waals surface area contributed by atoms with Crippen LogP contribution in [0.1, 0.15) is 28.8 Å². The van der Waals surface area contributed by atoms with Crippen LogP contribution in [-0.2, 0) is 20.9 Å². The second-order valence-electron chi connectivity index (χ2n) is 4.65. The van der Waals surface area contributed by atoms with E-state index in [1.165, 1.54) is 19.2 Å². The number of nitrogens with one attached hydrogen (secondary N) is 1. The van der Waals surface area contributed by atoms with Crippen molar-refractivity contribution >= 4 is 17.6 Å². The number of carboxylic acids is 1. The SMILES string of the molecule is COCc1cc(NC(=O)C2CCCO2)cc(C(=O)O)c1. The highest BCUT2D eigenvalue weighted by molar-refractivity contribution is 5.96. The summed E-state index contributed by atoms with van der Waals surface area (Å²) in [6.45, 7) is 0.867. The monoisotopic (exact) mass is 279 g/mol. The number of amides is 1. The van der Waals surface area contributed by atoms with Gasteiger partial charge in [0.2, 0.25) is 0 Å². The minimum atomic E-state index is -1.05. The minimum absolute atomic E-state index is 0.113. The largest absolute Gasteiger partial charge is 0.478 e. The van der Waals surface area contributed by atoms with E-state index in [1.54, 1.807) is 6.07 Å². The summed E-state index contributed by atoms with van der Waals surface area (Å²) in [5.74, 6) is -1.29. The lowest BCUT2D eigenvalue weighted by Crippen LogP contribution is -2.27. The molecule has 1 saturated heterocycles. The van der Waals surface area contributed by atoms with Gasteiger partial charge in [-0.1, -0.05) is 0 Å². The molecule has 1 amide bonds. The molecule has 1 aromatic carbocycles. The van der Waals surface area contributed by atoms with E-state index in [0.717, 1.165) is 6.42 Å². The molecule has 6 nitrogen and oxygen atoms in total. The number of aromatic carboxylic acids is 1. The highest BCUT2D eigenvalue weighted by Crippen LogP contribution is 2.19. The van der Waals surface area contributed by atoms with Gasteiger partial charge in [0.15, 0.2) is 0 Å². The van der Waals surface area contributed by atoms with Crippen molar-refractivity contribution < 1.29 is 24.2 Å². The van der Waals surface area contributed by atoms with Crippen LogP contribution < -0.4 is 5.32 Å². The molecular weight excluding hydrogens is 262 g/mol. The van der Waals surface area contributed by atoms with Crippen molar-refractivity contribution in [3.05, 3.63) is 29.3 Å². The summed E-state index contributed by atoms with van der Waals surface area (Å²) in [7, 11) is 1.53. The second kappa shape index (κ2) is 6.49. The van der Waals surface area contributed by atoms with E-state index < -0.39 is 12.1 Å². The molecule has 6 heteroatoms. The molecule has 0 spiro atoms. The van der Waals surface area contributed by atoms with Crippen LogP contribution >= 0.6 is 0 Å². The quantitative estimate of drug-likeness (QED) is 0.856. The summed E-state index contributed by atoms with van der Waals surface area (Å²) < 4.78 is 10.3. The molecule has 0 radical (unpaired) electrons. The third-order valence-corrected chi connectivity index (χ3v) is 3.04. The number of hydrogen-bond donors (Lipinski definition) is 2. The van der Waals surface area contributed by atoms with Gasteiger partial charge in [-0.15, -0.1) is 0 Å². The summed E-state index contributed by atoms with van der Waals surface area (Å²) in [6, 6.07) is 4.64. The van der Waals surface area contributed by atoms with Gasteiger partial charge < -0.3 is 19.9 Å². The Hall–Kier alpha value is -1.92. The van der Waals surface area contributed by atoms with E-state index in [1.807, 2.05) is 0 Å². The van der Waals surface area contributed by atoms with Crippen molar-refractivity contribution in [2.24, 2.45) is 0 Å². The van der Waals surface area contributed by atoms with E-state index in [9.17, 15) is 9.59 Å². The van der Waals surface area contributed by atoms with E-state index >= 15 is 0 Å². The Morgan fingerprint density at radius 1 is 1.45 bits per heavy atom. The highest BCUT2D eigenvalue weighted by Gasteiger charge is 2.23. The Kier molecular flexibility index (Phi) is 4.70. The van der Waals surface area contributed by atoms with Crippen LogP contribution in [0.25, 0.3) is 0 Å². The predicted molar refractivity (Wildman–Crippen MR) is 71.7 cm³/mol. The van der Waals surface area contributed by atoms with E-state index in [2.05, 4.69) is 5.32 Å². The number of methoxy groups -OCH3 is 1. The van der Waals surface area contributed by atoms with Crippen LogP contribution in [0.2, 0.25) is 0 Å². The van der Waals surface area contributed by atoms with Crippen LogP contribution in [0.15, 0.2) is 18.2 Å². The number of anilines is 1. The van der Waals surface area contributed by atoms with Crippen molar-refractivity contribution in [1.29, 1.82) is 0 Å². The molecule has 0 saturated carbocycles. The second-order valence-corrected chi connectivity index (χ2v) is 4.65. The first-order chi connectivity index (χ1) is 9.60. The number of ether oxygens (including phenoxy) is 2. The molecule has 1 aliphatic rings. The number of benzene rings is 1. The van der Waals surface area contributed by atoms with Crippen LogP contribution in [0.5, 0.6) is 0 Å². The molecular formula is C14H17NO5. The maximum absolute atomic E-state index is 12.0. The predicted octanol–water partition coefficient (Wildman–Crippen LogP) is 1.65. The Morgan fingerprint density at radius 3 is 2.85 bits per heavy atom. The lowest BCUT2D eigenvalue weighted by atomic mass is 10.1. The van der Waals surface area contributed by atoms with Gasteiger partial charge in [0.05, 0.1) is 12.2 Å². The molecule has 0 bridgehead atoms. The molecule has 2 rings (SSSR count).